The Labute approximate surface area is 258 Å². The van der Waals surface area contributed by atoms with Crippen LogP contribution in [0.1, 0.15) is 60.2 Å². The zero-order chi connectivity index (χ0) is 32.6. The second-order valence-corrected chi connectivity index (χ2v) is 13.6. The molecule has 0 spiro atoms. The van der Waals surface area contributed by atoms with Gasteiger partial charge in [-0.25, -0.2) is 27.2 Å². The first-order valence-electron chi connectivity index (χ1n) is 13.5. The van der Waals surface area contributed by atoms with Gasteiger partial charge in [0.15, 0.2) is 5.54 Å². The minimum absolute atomic E-state index is 0.0990. The average Bonchev–Trinajstić information content (AvgIpc) is 3.31. The van der Waals surface area contributed by atoms with Crippen LogP contribution < -0.4 is 9.64 Å². The van der Waals surface area contributed by atoms with Crippen LogP contribution in [0.5, 0.6) is 5.75 Å². The number of carboxylic acid groups (broad SMARTS) is 1. The molecule has 0 radical (unpaired) electrons. The van der Waals surface area contributed by atoms with E-state index in [1.54, 1.807) is 44.2 Å². The number of nitrogens with zero attached hydrogens (tertiary/aromatic N) is 2. The maximum Gasteiger partial charge on any atom is 0.346 e. The van der Waals surface area contributed by atoms with Crippen LogP contribution >= 0.6 is 11.3 Å². The van der Waals surface area contributed by atoms with Gasteiger partial charge in [0.05, 0.1) is 19.8 Å². The highest BCUT2D eigenvalue weighted by atomic mass is 32.2. The number of amides is 2. The molecule has 14 heteroatoms. The molecule has 1 unspecified atom stereocenters. The molecule has 0 aliphatic carbocycles. The zero-order valence-corrected chi connectivity index (χ0v) is 26.6. The van der Waals surface area contributed by atoms with Gasteiger partial charge >= 0.3 is 18.0 Å². The molecule has 236 valence electrons. The van der Waals surface area contributed by atoms with Gasteiger partial charge in [-0.1, -0.05) is 30.3 Å². The fraction of sp³-hybridized carbons (Fsp3) is 0.367. The minimum atomic E-state index is -4.77. The predicted octanol–water partition coefficient (Wildman–Crippen LogP) is 5.52. The Bertz CT molecular complexity index is 1690. The largest absolute Gasteiger partial charge is 0.496 e. The van der Waals surface area contributed by atoms with Gasteiger partial charge in [0.2, 0.25) is 0 Å². The van der Waals surface area contributed by atoms with E-state index in [4.69, 9.17) is 14.2 Å². The van der Waals surface area contributed by atoms with E-state index < -0.39 is 56.5 Å². The molecule has 44 heavy (non-hydrogen) atoms. The number of hydrogen-bond acceptors (Lipinski definition) is 9. The number of carbonyl (C=O) groups is 3. The van der Waals surface area contributed by atoms with Crippen LogP contribution in [0.25, 0.3) is 0 Å². The fourth-order valence-corrected chi connectivity index (χ4v) is 8.44. The number of aromatic carboxylic acids is 1. The maximum absolute atomic E-state index is 14.4. The van der Waals surface area contributed by atoms with Gasteiger partial charge in [0.25, 0.3) is 10.0 Å². The van der Waals surface area contributed by atoms with E-state index in [0.29, 0.717) is 21.2 Å². The van der Waals surface area contributed by atoms with E-state index in [0.717, 1.165) is 4.90 Å². The van der Waals surface area contributed by atoms with E-state index >= 15 is 0 Å². The van der Waals surface area contributed by atoms with Gasteiger partial charge < -0.3 is 19.3 Å². The van der Waals surface area contributed by atoms with E-state index in [-0.39, 0.29) is 39.9 Å². The van der Waals surface area contributed by atoms with E-state index in [1.807, 2.05) is 0 Å². The molecule has 0 bridgehead atoms. The van der Waals surface area contributed by atoms with E-state index in [9.17, 15) is 32.3 Å². The summed E-state index contributed by atoms with van der Waals surface area (Å²) < 4.78 is 60.0. The zero-order valence-electron chi connectivity index (χ0n) is 25.0. The first-order chi connectivity index (χ1) is 20.6. The number of sulfonamides is 1. The summed E-state index contributed by atoms with van der Waals surface area (Å²) in [5.41, 5.74) is -1.28. The van der Waals surface area contributed by atoms with Crippen LogP contribution in [0, 0.1) is 12.7 Å². The first-order valence-corrected chi connectivity index (χ1v) is 15.8. The van der Waals surface area contributed by atoms with Crippen LogP contribution in [0.3, 0.4) is 0 Å². The Morgan fingerprint density at radius 2 is 1.77 bits per heavy atom. The monoisotopic (exact) mass is 648 g/mol. The van der Waals surface area contributed by atoms with Gasteiger partial charge in [0.1, 0.15) is 39.1 Å². The van der Waals surface area contributed by atoms with Crippen LogP contribution in [0.15, 0.2) is 53.4 Å². The van der Waals surface area contributed by atoms with Crippen LogP contribution in [-0.4, -0.2) is 61.1 Å². The molecule has 1 aliphatic heterocycles. The molecule has 0 saturated carbocycles. The number of rotatable bonds is 11. The number of ether oxygens (including phenoxy) is 3. The number of carboxylic acids is 1. The molecule has 1 N–H and O–H groups in total. The number of carbonyl (C=O) groups excluding carboxylic acids is 2. The summed E-state index contributed by atoms with van der Waals surface area (Å²) in [5, 5.41) is 9.68. The van der Waals surface area contributed by atoms with Crippen LogP contribution in [-0.2, 0) is 30.9 Å². The summed E-state index contributed by atoms with van der Waals surface area (Å²) in [6, 6.07) is 11.3. The smallest absolute Gasteiger partial charge is 0.346 e. The maximum atomic E-state index is 14.4. The van der Waals surface area contributed by atoms with Gasteiger partial charge in [-0.2, -0.15) is 4.31 Å². The SMILES string of the molecule is COc1ccc(F)cc1C(CN1C(=O)N(C(C)(C)C(=O)OCc2ccccc2)S(=O)(=O)c2c1sc(C(=O)O)c2C)OC(C)C. The number of fused-ring (bicyclic) bond motifs is 1. The lowest BCUT2D eigenvalue weighted by Crippen LogP contribution is -2.62. The predicted molar refractivity (Wildman–Crippen MR) is 160 cm³/mol. The Hall–Kier alpha value is -4.01. The van der Waals surface area contributed by atoms with Crippen molar-refractivity contribution in [2.45, 2.75) is 63.9 Å². The summed E-state index contributed by atoms with van der Waals surface area (Å²) in [5.74, 6) is -2.74. The Kier molecular flexibility index (Phi) is 9.37. The Balaban J connectivity index is 1.85. The van der Waals surface area contributed by atoms with Crippen LogP contribution in [0.2, 0.25) is 0 Å². The number of anilines is 1. The van der Waals surface area contributed by atoms with Crippen molar-refractivity contribution in [3.05, 3.63) is 75.9 Å². The molecule has 2 amide bonds. The van der Waals surface area contributed by atoms with E-state index in [2.05, 4.69) is 0 Å². The van der Waals surface area contributed by atoms with Crippen molar-refractivity contribution in [3.63, 3.8) is 0 Å². The molecular formula is C30H33FN2O9S2. The lowest BCUT2D eigenvalue weighted by atomic mass is 10.1. The summed E-state index contributed by atoms with van der Waals surface area (Å²) >= 11 is 0.605. The number of thiophene rings is 1. The topological polar surface area (TPSA) is 140 Å². The lowest BCUT2D eigenvalue weighted by Gasteiger charge is -2.42. The number of halogens is 1. The van der Waals surface area contributed by atoms with Crippen molar-refractivity contribution >= 4 is 44.3 Å². The van der Waals surface area contributed by atoms with Crippen molar-refractivity contribution < 1.29 is 46.5 Å². The third-order valence-electron chi connectivity index (χ3n) is 6.96. The standard InChI is InChI=1S/C30H33FN2O9S2/c1-17(2)42-23(21-14-20(31)12-13-22(21)40-6)15-32-26-25(18(3)24(43-26)27(34)35)44(38,39)33(29(32)37)30(4,5)28(36)41-16-19-10-8-7-9-11-19/h7-14,17,23H,15-16H2,1-6H3,(H,34,35). The summed E-state index contributed by atoms with van der Waals surface area (Å²) in [6.07, 6.45) is -1.49. The second-order valence-electron chi connectivity index (χ2n) is 10.8. The second kappa shape index (κ2) is 12.5. The van der Waals surface area contributed by atoms with Crippen molar-refractivity contribution in [2.24, 2.45) is 0 Å². The highest BCUT2D eigenvalue weighted by Crippen LogP contribution is 2.47. The molecule has 0 saturated heterocycles. The van der Waals surface area contributed by atoms with Gasteiger partial charge in [-0.15, -0.1) is 11.3 Å². The number of urea groups is 1. The Morgan fingerprint density at radius 1 is 1.11 bits per heavy atom. The fourth-order valence-electron chi connectivity index (χ4n) is 4.91. The van der Waals surface area contributed by atoms with Crippen molar-refractivity contribution in [2.75, 3.05) is 18.6 Å². The molecule has 0 fully saturated rings. The van der Waals surface area contributed by atoms with Crippen molar-refractivity contribution in [1.29, 1.82) is 0 Å². The van der Waals surface area contributed by atoms with Crippen molar-refractivity contribution in [1.82, 2.24) is 4.31 Å². The van der Waals surface area contributed by atoms with Gasteiger partial charge in [-0.05, 0) is 63.9 Å². The molecule has 1 aromatic heterocycles. The van der Waals surface area contributed by atoms with E-state index in [1.165, 1.54) is 46.1 Å². The summed E-state index contributed by atoms with van der Waals surface area (Å²) in [6.45, 7) is 6.69. The molecule has 2 heterocycles. The number of methoxy groups -OCH3 is 1. The third-order valence-corrected chi connectivity index (χ3v) is 10.5. The molecule has 1 aliphatic rings. The first kappa shape index (κ1) is 32.9. The molecule has 4 rings (SSSR count). The number of hydrogen-bond donors (Lipinski definition) is 1. The normalized spacial score (nSPS) is 15.2. The van der Waals surface area contributed by atoms with Crippen molar-refractivity contribution in [3.8, 4) is 5.75 Å². The highest BCUT2D eigenvalue weighted by molar-refractivity contribution is 7.90. The third kappa shape index (κ3) is 6.14. The number of benzene rings is 2. The van der Waals surface area contributed by atoms with Crippen LogP contribution in [0.4, 0.5) is 14.2 Å². The Morgan fingerprint density at radius 3 is 2.36 bits per heavy atom. The van der Waals surface area contributed by atoms with Gasteiger partial charge in [0, 0.05) is 5.56 Å². The molecule has 11 nitrogen and oxygen atoms in total. The van der Waals surface area contributed by atoms with Gasteiger partial charge in [-0.3, -0.25) is 4.90 Å². The lowest BCUT2D eigenvalue weighted by molar-refractivity contribution is -0.153. The molecule has 1 atom stereocenters. The molecular weight excluding hydrogens is 615 g/mol. The minimum Gasteiger partial charge on any atom is -0.496 e. The average molecular weight is 649 g/mol. The quantitative estimate of drug-likeness (QED) is 0.266. The molecule has 2 aromatic carbocycles. The summed E-state index contributed by atoms with van der Waals surface area (Å²) in [4.78, 5) is 40.1. The highest BCUT2D eigenvalue weighted by Gasteiger charge is 2.55. The summed E-state index contributed by atoms with van der Waals surface area (Å²) in [7, 11) is -3.39. The molecule has 3 aromatic rings. The number of esters is 1.